The second-order valence-corrected chi connectivity index (χ2v) is 6.16. The number of imidazole rings is 1. The molecule has 0 aliphatic rings. The molecular formula is C17H15F2N3OS. The summed E-state index contributed by atoms with van der Waals surface area (Å²) in [5.41, 5.74) is 1.90. The van der Waals surface area contributed by atoms with Gasteiger partial charge in [0.1, 0.15) is 0 Å². The highest BCUT2D eigenvalue weighted by Crippen LogP contribution is 2.21. The molecule has 7 heteroatoms. The van der Waals surface area contributed by atoms with E-state index in [4.69, 9.17) is 0 Å². The molecule has 0 atom stereocenters. The number of hydrogen-bond donors (Lipinski definition) is 2. The zero-order chi connectivity index (χ0) is 16.9. The van der Waals surface area contributed by atoms with E-state index in [1.54, 1.807) is 0 Å². The maximum Gasteiger partial charge on any atom is 0.230 e. The van der Waals surface area contributed by atoms with Gasteiger partial charge >= 0.3 is 0 Å². The topological polar surface area (TPSA) is 57.8 Å². The highest BCUT2D eigenvalue weighted by atomic mass is 32.2. The van der Waals surface area contributed by atoms with Crippen LogP contribution in [0.2, 0.25) is 0 Å². The van der Waals surface area contributed by atoms with Crippen LogP contribution in [0.15, 0.2) is 47.6 Å². The van der Waals surface area contributed by atoms with E-state index in [1.807, 2.05) is 30.3 Å². The molecule has 4 nitrogen and oxygen atoms in total. The zero-order valence-corrected chi connectivity index (χ0v) is 13.5. The number of aromatic amines is 1. The van der Waals surface area contributed by atoms with Gasteiger partial charge in [0.2, 0.25) is 5.91 Å². The van der Waals surface area contributed by atoms with Gasteiger partial charge in [0.15, 0.2) is 16.8 Å². The van der Waals surface area contributed by atoms with Crippen molar-refractivity contribution < 1.29 is 13.6 Å². The van der Waals surface area contributed by atoms with Gasteiger partial charge in [-0.3, -0.25) is 4.79 Å². The number of thioether (sulfide) groups is 1. The lowest BCUT2D eigenvalue weighted by molar-refractivity contribution is -0.118. The largest absolute Gasteiger partial charge is 0.355 e. The summed E-state index contributed by atoms with van der Waals surface area (Å²) in [6, 6.07) is 12.0. The third kappa shape index (κ3) is 4.11. The minimum Gasteiger partial charge on any atom is -0.355 e. The van der Waals surface area contributed by atoms with Crippen LogP contribution in [0.4, 0.5) is 8.78 Å². The molecule has 1 amide bonds. The first-order valence-corrected chi connectivity index (χ1v) is 8.38. The van der Waals surface area contributed by atoms with Gasteiger partial charge in [-0.2, -0.15) is 0 Å². The number of fused-ring (bicyclic) bond motifs is 1. The Morgan fingerprint density at radius 3 is 2.71 bits per heavy atom. The van der Waals surface area contributed by atoms with Crippen molar-refractivity contribution >= 4 is 28.7 Å². The minimum absolute atomic E-state index is 0.117. The van der Waals surface area contributed by atoms with E-state index in [1.165, 1.54) is 11.8 Å². The van der Waals surface area contributed by atoms with Crippen molar-refractivity contribution in [3.8, 4) is 0 Å². The number of hydrogen-bond acceptors (Lipinski definition) is 3. The third-order valence-electron chi connectivity index (χ3n) is 3.42. The molecule has 2 N–H and O–H groups in total. The summed E-state index contributed by atoms with van der Waals surface area (Å²) >= 11 is 1.19. The summed E-state index contributed by atoms with van der Waals surface area (Å²) in [5, 5.41) is 3.28. The monoisotopic (exact) mass is 347 g/mol. The molecule has 0 aliphatic heterocycles. The van der Waals surface area contributed by atoms with Gasteiger partial charge < -0.3 is 10.3 Å². The van der Waals surface area contributed by atoms with Crippen LogP contribution in [0.1, 0.15) is 5.56 Å². The Morgan fingerprint density at radius 1 is 1.17 bits per heavy atom. The fourth-order valence-electron chi connectivity index (χ4n) is 2.23. The number of halogens is 2. The van der Waals surface area contributed by atoms with E-state index in [2.05, 4.69) is 15.3 Å². The normalized spacial score (nSPS) is 10.9. The van der Waals surface area contributed by atoms with Crippen LogP contribution in [0.3, 0.4) is 0 Å². The van der Waals surface area contributed by atoms with Gasteiger partial charge in [0, 0.05) is 18.7 Å². The lowest BCUT2D eigenvalue weighted by Gasteiger charge is -2.04. The number of amides is 1. The SMILES string of the molecule is O=C(CSc1nc2cc(F)c(F)cc2[nH]1)NCCc1ccccc1. The molecule has 0 bridgehead atoms. The molecule has 3 aromatic rings. The Kier molecular flexibility index (Phi) is 5.10. The Hall–Kier alpha value is -2.41. The molecule has 2 aromatic carbocycles. The molecule has 3 rings (SSSR count). The van der Waals surface area contributed by atoms with Gasteiger partial charge in [-0.05, 0) is 12.0 Å². The first-order chi connectivity index (χ1) is 11.6. The summed E-state index contributed by atoms with van der Waals surface area (Å²) in [6.07, 6.45) is 0.764. The van der Waals surface area contributed by atoms with Crippen LogP contribution >= 0.6 is 11.8 Å². The molecule has 0 spiro atoms. The van der Waals surface area contributed by atoms with Crippen LogP contribution in [-0.4, -0.2) is 28.2 Å². The second-order valence-electron chi connectivity index (χ2n) is 5.20. The molecular weight excluding hydrogens is 332 g/mol. The molecule has 0 saturated heterocycles. The van der Waals surface area contributed by atoms with Crippen molar-refractivity contribution in [3.05, 3.63) is 59.7 Å². The van der Waals surface area contributed by atoms with Crippen LogP contribution in [0.5, 0.6) is 0 Å². The first kappa shape index (κ1) is 16.4. The first-order valence-electron chi connectivity index (χ1n) is 7.40. The lowest BCUT2D eigenvalue weighted by atomic mass is 10.1. The summed E-state index contributed by atoms with van der Waals surface area (Å²) < 4.78 is 26.3. The minimum atomic E-state index is -0.941. The maximum atomic E-state index is 13.2. The molecule has 0 aliphatic carbocycles. The summed E-state index contributed by atoms with van der Waals surface area (Å²) in [4.78, 5) is 18.8. The molecule has 0 saturated carbocycles. The molecule has 1 aromatic heterocycles. The van der Waals surface area contributed by atoms with E-state index in [0.717, 1.165) is 24.1 Å². The van der Waals surface area contributed by atoms with E-state index >= 15 is 0 Å². The van der Waals surface area contributed by atoms with Crippen molar-refractivity contribution in [2.75, 3.05) is 12.3 Å². The highest BCUT2D eigenvalue weighted by Gasteiger charge is 2.10. The fraction of sp³-hybridized carbons (Fsp3) is 0.176. The van der Waals surface area contributed by atoms with Gasteiger partial charge in [0.05, 0.1) is 16.8 Å². The molecule has 0 radical (unpaired) electrons. The number of benzene rings is 2. The third-order valence-corrected chi connectivity index (χ3v) is 4.29. The smallest absolute Gasteiger partial charge is 0.230 e. The van der Waals surface area contributed by atoms with Gasteiger partial charge in [-0.25, -0.2) is 13.8 Å². The van der Waals surface area contributed by atoms with Crippen LogP contribution in [0.25, 0.3) is 11.0 Å². The fourth-order valence-corrected chi connectivity index (χ4v) is 2.94. The average Bonchev–Trinajstić information content (AvgIpc) is 2.96. The Balaban J connectivity index is 1.49. The molecule has 124 valence electrons. The molecule has 24 heavy (non-hydrogen) atoms. The molecule has 0 unspecified atom stereocenters. The zero-order valence-electron chi connectivity index (χ0n) is 12.7. The number of aromatic nitrogens is 2. The van der Waals surface area contributed by atoms with Crippen LogP contribution in [-0.2, 0) is 11.2 Å². The van der Waals surface area contributed by atoms with Gasteiger partial charge in [-0.15, -0.1) is 0 Å². The van der Waals surface area contributed by atoms with Crippen molar-refractivity contribution in [2.45, 2.75) is 11.6 Å². The maximum absolute atomic E-state index is 13.2. The standard InChI is InChI=1S/C17H15F2N3OS/c18-12-8-14-15(9-13(12)19)22-17(21-14)24-10-16(23)20-7-6-11-4-2-1-3-5-11/h1-5,8-9H,6-7,10H2,(H,20,23)(H,21,22). The van der Waals surface area contributed by atoms with Gasteiger partial charge in [0.25, 0.3) is 0 Å². The second kappa shape index (κ2) is 7.44. The quantitative estimate of drug-likeness (QED) is 0.673. The molecule has 1 heterocycles. The number of nitrogens with zero attached hydrogens (tertiary/aromatic N) is 1. The Bertz CT molecular complexity index is 813. The number of carbonyl (C=O) groups excluding carboxylic acids is 1. The predicted octanol–water partition coefficient (Wildman–Crippen LogP) is 3.29. The van der Waals surface area contributed by atoms with Crippen molar-refractivity contribution in [3.63, 3.8) is 0 Å². The number of H-pyrrole nitrogens is 1. The summed E-state index contributed by atoms with van der Waals surface area (Å²) in [5.74, 6) is -1.81. The van der Waals surface area contributed by atoms with E-state index in [-0.39, 0.29) is 11.7 Å². The predicted molar refractivity (Wildman–Crippen MR) is 89.9 cm³/mol. The van der Waals surface area contributed by atoms with E-state index in [0.29, 0.717) is 22.7 Å². The number of nitrogens with one attached hydrogen (secondary N) is 2. The lowest BCUT2D eigenvalue weighted by Crippen LogP contribution is -2.27. The Labute approximate surface area is 141 Å². The Morgan fingerprint density at radius 2 is 1.92 bits per heavy atom. The summed E-state index contributed by atoms with van der Waals surface area (Å²) in [7, 11) is 0. The van der Waals surface area contributed by atoms with Crippen molar-refractivity contribution in [2.24, 2.45) is 0 Å². The molecule has 0 fully saturated rings. The van der Waals surface area contributed by atoms with E-state index < -0.39 is 11.6 Å². The summed E-state index contributed by atoms with van der Waals surface area (Å²) in [6.45, 7) is 0.556. The highest BCUT2D eigenvalue weighted by molar-refractivity contribution is 7.99. The van der Waals surface area contributed by atoms with Crippen LogP contribution < -0.4 is 5.32 Å². The average molecular weight is 347 g/mol. The van der Waals surface area contributed by atoms with Crippen molar-refractivity contribution in [1.29, 1.82) is 0 Å². The van der Waals surface area contributed by atoms with Crippen molar-refractivity contribution in [1.82, 2.24) is 15.3 Å². The number of rotatable bonds is 6. The van der Waals surface area contributed by atoms with E-state index in [9.17, 15) is 13.6 Å². The van der Waals surface area contributed by atoms with Gasteiger partial charge in [-0.1, -0.05) is 42.1 Å². The van der Waals surface area contributed by atoms with Crippen LogP contribution in [0, 0.1) is 11.6 Å². The number of carbonyl (C=O) groups is 1.